The first-order valence-electron chi connectivity index (χ1n) is 11.4. The molecule has 1 aliphatic heterocycles. The van der Waals surface area contributed by atoms with Crippen LogP contribution in [0.25, 0.3) is 0 Å². The molecule has 4 N–H and O–H groups in total. The van der Waals surface area contributed by atoms with E-state index < -0.39 is 23.2 Å². The monoisotopic (exact) mass is 416 g/mol. The number of amides is 1. The Labute approximate surface area is 179 Å². The molecule has 2 aliphatic carbocycles. The number of benzene rings is 1. The number of fused-ring (bicyclic) bond motifs is 1. The zero-order valence-electron chi connectivity index (χ0n) is 18.4. The highest BCUT2D eigenvalue weighted by atomic mass is 16.3. The molecule has 2 bridgehead atoms. The molecule has 1 heterocycles. The van der Waals surface area contributed by atoms with E-state index in [4.69, 9.17) is 0 Å². The quantitative estimate of drug-likeness (QED) is 0.590. The van der Waals surface area contributed by atoms with Gasteiger partial charge in [0, 0.05) is 24.3 Å². The van der Waals surface area contributed by atoms with Crippen LogP contribution >= 0.6 is 0 Å². The number of carbonyl (C=O) groups excluding carboxylic acids is 1. The van der Waals surface area contributed by atoms with Crippen molar-refractivity contribution in [2.45, 2.75) is 88.0 Å². The highest BCUT2D eigenvalue weighted by Crippen LogP contribution is 2.58. The van der Waals surface area contributed by atoms with Crippen LogP contribution in [-0.4, -0.2) is 63.5 Å². The Bertz CT molecular complexity index is 812. The number of nitrogens with one attached hydrogen (secondary N) is 1. The summed E-state index contributed by atoms with van der Waals surface area (Å²) >= 11 is 0. The van der Waals surface area contributed by atoms with Gasteiger partial charge in [0.2, 0.25) is 5.91 Å². The molecule has 0 aromatic heterocycles. The van der Waals surface area contributed by atoms with Crippen molar-refractivity contribution in [2.75, 3.05) is 13.6 Å². The van der Waals surface area contributed by atoms with Gasteiger partial charge in [-0.15, -0.1) is 0 Å². The summed E-state index contributed by atoms with van der Waals surface area (Å²) in [5.41, 5.74) is 0.442. The number of phenolic OH excluding ortho intramolecular Hbond substituents is 1. The minimum absolute atomic E-state index is 0.0494. The predicted molar refractivity (Wildman–Crippen MR) is 115 cm³/mol. The molecule has 4 rings (SSSR count). The fraction of sp³-hybridized carbons (Fsp3) is 0.708. The molecular weight excluding hydrogens is 380 g/mol. The lowest BCUT2D eigenvalue weighted by atomic mass is 9.48. The SMILES string of the molecule is CC(C)CCCC(=O)N[C@H]1C[C@@]2(O)[C@H]3Cc4ccc(O)cc4C2(CCN3C)CC1O. The smallest absolute Gasteiger partial charge is 0.220 e. The number of nitrogens with zero attached hydrogens (tertiary/aromatic N) is 1. The summed E-state index contributed by atoms with van der Waals surface area (Å²) < 4.78 is 0. The number of carbonyl (C=O) groups is 1. The highest BCUT2D eigenvalue weighted by molar-refractivity contribution is 5.76. The normalized spacial score (nSPS) is 35.6. The van der Waals surface area contributed by atoms with Crippen LogP contribution in [0, 0.1) is 5.92 Å². The van der Waals surface area contributed by atoms with Crippen LogP contribution in [0.4, 0.5) is 0 Å². The minimum Gasteiger partial charge on any atom is -0.508 e. The Kier molecular flexibility index (Phi) is 5.62. The number of likely N-dealkylation sites (N-methyl/N-ethyl adjacent to an activating group) is 1. The van der Waals surface area contributed by atoms with Crippen LogP contribution in [0.1, 0.15) is 63.5 Å². The third-order valence-corrected chi connectivity index (χ3v) is 7.91. The van der Waals surface area contributed by atoms with Gasteiger partial charge in [-0.2, -0.15) is 0 Å². The number of hydrogen-bond donors (Lipinski definition) is 4. The fourth-order valence-corrected chi connectivity index (χ4v) is 6.30. The molecule has 0 spiro atoms. The van der Waals surface area contributed by atoms with Gasteiger partial charge in [0.1, 0.15) is 5.75 Å². The summed E-state index contributed by atoms with van der Waals surface area (Å²) in [4.78, 5) is 14.7. The number of piperidine rings is 1. The van der Waals surface area contributed by atoms with E-state index in [2.05, 4.69) is 24.1 Å². The first-order chi connectivity index (χ1) is 14.2. The van der Waals surface area contributed by atoms with E-state index in [1.54, 1.807) is 12.1 Å². The second kappa shape index (κ2) is 7.81. The average Bonchev–Trinajstić information content (AvgIpc) is 2.66. The third kappa shape index (κ3) is 3.43. The Balaban J connectivity index is 1.61. The van der Waals surface area contributed by atoms with Crippen LogP contribution in [0.3, 0.4) is 0 Å². The van der Waals surface area contributed by atoms with E-state index in [-0.39, 0.29) is 17.7 Å². The summed E-state index contributed by atoms with van der Waals surface area (Å²) in [7, 11) is 2.04. The molecule has 1 aromatic carbocycles. The van der Waals surface area contributed by atoms with Crippen LogP contribution < -0.4 is 5.32 Å². The van der Waals surface area contributed by atoms with Gasteiger partial charge in [0.25, 0.3) is 0 Å². The molecule has 2 unspecified atom stereocenters. The van der Waals surface area contributed by atoms with Gasteiger partial charge in [-0.25, -0.2) is 0 Å². The van der Waals surface area contributed by atoms with Gasteiger partial charge in [-0.1, -0.05) is 26.3 Å². The molecular formula is C24H36N2O4. The first kappa shape index (κ1) is 21.6. The molecule has 1 aromatic rings. The number of phenols is 1. The van der Waals surface area contributed by atoms with Crippen molar-refractivity contribution in [2.24, 2.45) is 5.92 Å². The van der Waals surface area contributed by atoms with E-state index >= 15 is 0 Å². The lowest BCUT2D eigenvalue weighted by molar-refractivity contribution is -0.185. The van der Waals surface area contributed by atoms with E-state index in [0.717, 1.165) is 36.9 Å². The van der Waals surface area contributed by atoms with Crippen LogP contribution in [0.2, 0.25) is 0 Å². The van der Waals surface area contributed by atoms with Crippen molar-refractivity contribution in [1.29, 1.82) is 0 Å². The number of rotatable bonds is 5. The van der Waals surface area contributed by atoms with Gasteiger partial charge in [-0.3, -0.25) is 4.79 Å². The zero-order chi connectivity index (χ0) is 21.7. The lowest BCUT2D eigenvalue weighted by Crippen LogP contribution is -2.76. The number of likely N-dealkylation sites (tertiary alicyclic amines) is 1. The topological polar surface area (TPSA) is 93.0 Å². The number of aliphatic hydroxyl groups excluding tert-OH is 1. The molecule has 2 fully saturated rings. The summed E-state index contributed by atoms with van der Waals surface area (Å²) in [5, 5.41) is 36.4. The van der Waals surface area contributed by atoms with Crippen molar-refractivity contribution < 1.29 is 20.1 Å². The average molecular weight is 417 g/mol. The zero-order valence-corrected chi connectivity index (χ0v) is 18.4. The molecule has 3 aliphatic rings. The van der Waals surface area contributed by atoms with E-state index in [0.29, 0.717) is 31.6 Å². The minimum atomic E-state index is -1.06. The molecule has 5 atom stereocenters. The van der Waals surface area contributed by atoms with E-state index in [9.17, 15) is 20.1 Å². The number of aliphatic hydroxyl groups is 2. The maximum absolute atomic E-state index is 12.5. The molecule has 6 nitrogen and oxygen atoms in total. The van der Waals surface area contributed by atoms with Crippen LogP contribution in [0.15, 0.2) is 18.2 Å². The van der Waals surface area contributed by atoms with Crippen LogP contribution in [0.5, 0.6) is 5.75 Å². The van der Waals surface area contributed by atoms with Crippen molar-refractivity contribution in [3.63, 3.8) is 0 Å². The van der Waals surface area contributed by atoms with Crippen molar-refractivity contribution in [1.82, 2.24) is 10.2 Å². The maximum atomic E-state index is 12.5. The van der Waals surface area contributed by atoms with E-state index in [1.165, 1.54) is 0 Å². The number of aromatic hydroxyl groups is 1. The van der Waals surface area contributed by atoms with Crippen molar-refractivity contribution in [3.05, 3.63) is 29.3 Å². The standard InChI is InChI=1S/C24H36N2O4/c1-15(2)5-4-6-22(29)25-19-13-24(30)21-11-16-7-8-17(27)12-18(16)23(24,14-20(19)28)9-10-26(21)3/h7-8,12,15,19-21,27-28,30H,4-6,9-11,13-14H2,1-3H3,(H,25,29)/t19-,20?,21+,23?,24+/m0/s1. The lowest BCUT2D eigenvalue weighted by Gasteiger charge is -2.65. The Morgan fingerprint density at radius 1 is 1.33 bits per heavy atom. The fourth-order valence-electron chi connectivity index (χ4n) is 6.30. The van der Waals surface area contributed by atoms with Crippen LogP contribution in [-0.2, 0) is 16.6 Å². The molecule has 1 amide bonds. The van der Waals surface area contributed by atoms with E-state index in [1.807, 2.05) is 13.1 Å². The molecule has 166 valence electrons. The first-order valence-corrected chi connectivity index (χ1v) is 11.4. The maximum Gasteiger partial charge on any atom is 0.220 e. The third-order valence-electron chi connectivity index (χ3n) is 7.91. The molecule has 1 saturated carbocycles. The molecule has 1 saturated heterocycles. The van der Waals surface area contributed by atoms with Gasteiger partial charge in [0.15, 0.2) is 0 Å². The Hall–Kier alpha value is -1.63. The molecule has 6 heteroatoms. The van der Waals surface area contributed by atoms with Gasteiger partial charge in [0.05, 0.1) is 17.7 Å². The highest BCUT2D eigenvalue weighted by Gasteiger charge is 2.66. The van der Waals surface area contributed by atoms with Gasteiger partial charge in [-0.05, 0) is 68.5 Å². The molecule has 30 heavy (non-hydrogen) atoms. The molecule has 0 radical (unpaired) electrons. The second-order valence-corrected chi connectivity index (χ2v) is 10.2. The summed E-state index contributed by atoms with van der Waals surface area (Å²) in [6, 6.07) is 4.90. The largest absolute Gasteiger partial charge is 0.508 e. The summed E-state index contributed by atoms with van der Waals surface area (Å²) in [6.07, 6.45) is 3.70. The Morgan fingerprint density at radius 2 is 2.10 bits per heavy atom. The van der Waals surface area contributed by atoms with Crippen molar-refractivity contribution >= 4 is 5.91 Å². The van der Waals surface area contributed by atoms with Gasteiger partial charge >= 0.3 is 0 Å². The van der Waals surface area contributed by atoms with Crippen molar-refractivity contribution in [3.8, 4) is 5.75 Å². The van der Waals surface area contributed by atoms with Gasteiger partial charge < -0.3 is 25.5 Å². The number of hydrogen-bond acceptors (Lipinski definition) is 5. The predicted octanol–water partition coefficient (Wildman–Crippen LogP) is 2.09. The Morgan fingerprint density at radius 3 is 2.83 bits per heavy atom. The summed E-state index contributed by atoms with van der Waals surface area (Å²) in [6.45, 7) is 5.12. The second-order valence-electron chi connectivity index (χ2n) is 10.2. The summed E-state index contributed by atoms with van der Waals surface area (Å²) in [5.74, 6) is 0.705.